The summed E-state index contributed by atoms with van der Waals surface area (Å²) in [7, 11) is 0. The van der Waals surface area contributed by atoms with Crippen LogP contribution in [-0.2, 0) is 6.42 Å². The van der Waals surface area contributed by atoms with E-state index in [2.05, 4.69) is 10.3 Å². The van der Waals surface area contributed by atoms with Gasteiger partial charge in [0.1, 0.15) is 5.82 Å². The van der Waals surface area contributed by atoms with Crippen molar-refractivity contribution in [3.05, 3.63) is 29.8 Å². The highest BCUT2D eigenvalue weighted by Gasteiger charge is 2.35. The maximum atomic E-state index is 13.1. The summed E-state index contributed by atoms with van der Waals surface area (Å²) in [6.07, 6.45) is 1.82. The van der Waals surface area contributed by atoms with Crippen molar-refractivity contribution in [2.45, 2.75) is 12.0 Å². The lowest BCUT2D eigenvalue weighted by Gasteiger charge is -2.37. The summed E-state index contributed by atoms with van der Waals surface area (Å²) in [4.78, 5) is 3.88. The van der Waals surface area contributed by atoms with Crippen molar-refractivity contribution in [2.75, 3.05) is 13.1 Å². The molecule has 0 saturated carbocycles. The summed E-state index contributed by atoms with van der Waals surface area (Å²) >= 11 is 0. The van der Waals surface area contributed by atoms with Gasteiger partial charge in [0.2, 0.25) is 0 Å². The zero-order valence-corrected chi connectivity index (χ0v) is 7.13. The highest BCUT2D eigenvalue weighted by atomic mass is 19.1. The van der Waals surface area contributed by atoms with Crippen molar-refractivity contribution < 1.29 is 9.50 Å². The molecule has 13 heavy (non-hydrogen) atoms. The molecular weight excluding hydrogens is 171 g/mol. The first-order chi connectivity index (χ1) is 6.20. The third-order valence-electron chi connectivity index (χ3n) is 2.24. The number of hydrogen-bond acceptors (Lipinski definition) is 3. The fourth-order valence-electron chi connectivity index (χ4n) is 1.40. The smallest absolute Gasteiger partial charge is 0.144 e. The van der Waals surface area contributed by atoms with Crippen LogP contribution < -0.4 is 5.32 Å². The maximum absolute atomic E-state index is 13.1. The Morgan fingerprint density at radius 2 is 2.38 bits per heavy atom. The molecule has 3 nitrogen and oxygen atoms in total. The maximum Gasteiger partial charge on any atom is 0.144 e. The molecule has 2 N–H and O–H groups in total. The number of rotatable bonds is 2. The van der Waals surface area contributed by atoms with Gasteiger partial charge < -0.3 is 10.4 Å². The number of aliphatic hydroxyl groups is 1. The highest BCUT2D eigenvalue weighted by Crippen LogP contribution is 2.17. The number of nitrogens with one attached hydrogen (secondary N) is 1. The molecule has 0 aliphatic carbocycles. The molecular formula is C9H11FN2O. The van der Waals surface area contributed by atoms with Crippen LogP contribution in [0.5, 0.6) is 0 Å². The number of nitrogens with zero attached hydrogens (tertiary/aromatic N) is 1. The van der Waals surface area contributed by atoms with E-state index in [0.29, 0.717) is 18.8 Å². The minimum Gasteiger partial charge on any atom is -0.387 e. The minimum absolute atomic E-state index is 0.284. The lowest BCUT2D eigenvalue weighted by molar-refractivity contribution is -0.0105. The molecule has 0 spiro atoms. The molecule has 2 heterocycles. The summed E-state index contributed by atoms with van der Waals surface area (Å²) < 4.78 is 13.1. The molecule has 70 valence electrons. The fraction of sp³-hybridized carbons (Fsp3) is 0.444. The van der Waals surface area contributed by atoms with Gasteiger partial charge in [-0.15, -0.1) is 0 Å². The van der Waals surface area contributed by atoms with E-state index in [1.807, 2.05) is 0 Å². The summed E-state index contributed by atoms with van der Waals surface area (Å²) in [5.41, 5.74) is -0.457. The zero-order chi connectivity index (χ0) is 9.31. The molecule has 2 rings (SSSR count). The standard InChI is InChI=1S/C9H11FN2O/c10-7-2-1-3-12-8(7)4-9(13)5-11-6-9/h1-3,11,13H,4-6H2. The number of hydrogen-bond donors (Lipinski definition) is 2. The van der Waals surface area contributed by atoms with Gasteiger partial charge in [0.05, 0.1) is 11.3 Å². The van der Waals surface area contributed by atoms with Crippen molar-refractivity contribution in [1.82, 2.24) is 10.3 Å². The van der Waals surface area contributed by atoms with Gasteiger partial charge in [0.25, 0.3) is 0 Å². The quantitative estimate of drug-likeness (QED) is 0.681. The third kappa shape index (κ3) is 1.68. The SMILES string of the molecule is OC1(Cc2ncccc2F)CNC1. The number of β-amino-alcohol motifs (C(OH)–C–C–N with tert-alkyl or cyclic N) is 1. The van der Waals surface area contributed by atoms with Gasteiger partial charge in [-0.25, -0.2) is 4.39 Å². The van der Waals surface area contributed by atoms with Gasteiger partial charge in [-0.2, -0.15) is 0 Å². The Hall–Kier alpha value is -1.00. The topological polar surface area (TPSA) is 45.2 Å². The van der Waals surface area contributed by atoms with Gasteiger partial charge in [-0.05, 0) is 12.1 Å². The van der Waals surface area contributed by atoms with E-state index in [1.54, 1.807) is 6.07 Å². The van der Waals surface area contributed by atoms with Gasteiger partial charge in [-0.3, -0.25) is 4.98 Å². The van der Waals surface area contributed by atoms with E-state index in [0.717, 1.165) is 0 Å². The van der Waals surface area contributed by atoms with E-state index in [4.69, 9.17) is 0 Å². The van der Waals surface area contributed by atoms with Crippen LogP contribution in [0.2, 0.25) is 0 Å². The minimum atomic E-state index is -0.796. The molecule has 0 unspecified atom stereocenters. The predicted molar refractivity (Wildman–Crippen MR) is 45.7 cm³/mol. The first-order valence-electron chi connectivity index (χ1n) is 4.22. The Morgan fingerprint density at radius 3 is 2.92 bits per heavy atom. The molecule has 0 aromatic carbocycles. The van der Waals surface area contributed by atoms with E-state index in [9.17, 15) is 9.50 Å². The van der Waals surface area contributed by atoms with Gasteiger partial charge in [0, 0.05) is 25.7 Å². The summed E-state index contributed by atoms with van der Waals surface area (Å²) in [6.45, 7) is 1.03. The molecule has 0 atom stereocenters. The van der Waals surface area contributed by atoms with Crippen LogP contribution in [-0.4, -0.2) is 28.8 Å². The average molecular weight is 182 g/mol. The summed E-state index contributed by atoms with van der Waals surface area (Å²) in [5.74, 6) is -0.345. The molecule has 1 aliphatic heterocycles. The van der Waals surface area contributed by atoms with Crippen molar-refractivity contribution in [1.29, 1.82) is 0 Å². The number of halogens is 1. The largest absolute Gasteiger partial charge is 0.387 e. The second kappa shape index (κ2) is 3.05. The molecule has 1 aliphatic rings. The third-order valence-corrected chi connectivity index (χ3v) is 2.24. The normalized spacial score (nSPS) is 19.5. The van der Waals surface area contributed by atoms with Crippen LogP contribution in [0.25, 0.3) is 0 Å². The number of pyridine rings is 1. The summed E-state index contributed by atoms with van der Waals surface area (Å²) in [5, 5.41) is 12.7. The van der Waals surface area contributed by atoms with Gasteiger partial charge >= 0.3 is 0 Å². The van der Waals surface area contributed by atoms with Crippen LogP contribution in [0.15, 0.2) is 18.3 Å². The number of aromatic nitrogens is 1. The molecule has 0 bridgehead atoms. The van der Waals surface area contributed by atoms with E-state index in [-0.39, 0.29) is 12.2 Å². The molecule has 1 aromatic heterocycles. The lowest BCUT2D eigenvalue weighted by Crippen LogP contribution is -2.60. The Morgan fingerprint density at radius 1 is 1.62 bits per heavy atom. The predicted octanol–water partition coefficient (Wildman–Crippen LogP) is 0.0975. The molecule has 1 saturated heterocycles. The first kappa shape index (κ1) is 8.59. The van der Waals surface area contributed by atoms with Crippen LogP contribution in [0.3, 0.4) is 0 Å². The first-order valence-corrected chi connectivity index (χ1v) is 4.22. The lowest BCUT2D eigenvalue weighted by atomic mass is 9.91. The Labute approximate surface area is 75.6 Å². The van der Waals surface area contributed by atoms with E-state index < -0.39 is 5.60 Å². The van der Waals surface area contributed by atoms with Crippen molar-refractivity contribution in [3.63, 3.8) is 0 Å². The van der Waals surface area contributed by atoms with Crippen LogP contribution in [0, 0.1) is 5.82 Å². The highest BCUT2D eigenvalue weighted by molar-refractivity contribution is 5.12. The second-order valence-electron chi connectivity index (χ2n) is 3.44. The van der Waals surface area contributed by atoms with Crippen LogP contribution in [0.4, 0.5) is 4.39 Å². The van der Waals surface area contributed by atoms with Crippen molar-refractivity contribution in [3.8, 4) is 0 Å². The fourth-order valence-corrected chi connectivity index (χ4v) is 1.40. The van der Waals surface area contributed by atoms with Crippen LogP contribution in [0.1, 0.15) is 5.69 Å². The monoisotopic (exact) mass is 182 g/mol. The second-order valence-corrected chi connectivity index (χ2v) is 3.44. The van der Waals surface area contributed by atoms with Crippen LogP contribution >= 0.6 is 0 Å². The Bertz CT molecular complexity index is 312. The molecule has 0 radical (unpaired) electrons. The molecule has 0 amide bonds. The molecule has 1 aromatic rings. The Kier molecular flexibility index (Phi) is 2.01. The van der Waals surface area contributed by atoms with E-state index in [1.165, 1.54) is 12.3 Å². The van der Waals surface area contributed by atoms with Crippen molar-refractivity contribution >= 4 is 0 Å². The Balaban J connectivity index is 2.13. The molecule has 1 fully saturated rings. The van der Waals surface area contributed by atoms with Gasteiger partial charge in [-0.1, -0.05) is 0 Å². The molecule has 4 heteroatoms. The summed E-state index contributed by atoms with van der Waals surface area (Å²) in [6, 6.07) is 2.90. The van der Waals surface area contributed by atoms with Gasteiger partial charge in [0.15, 0.2) is 0 Å². The van der Waals surface area contributed by atoms with E-state index >= 15 is 0 Å². The zero-order valence-electron chi connectivity index (χ0n) is 7.13. The van der Waals surface area contributed by atoms with Crippen molar-refractivity contribution in [2.24, 2.45) is 0 Å². The average Bonchev–Trinajstić information content (AvgIpc) is 2.06.